The van der Waals surface area contributed by atoms with Gasteiger partial charge in [0.2, 0.25) is 0 Å². The number of Topliss-reactive ketones (excluding diaryl/α,β-unsaturated/α-hetero) is 1. The molecule has 1 rings (SSSR count). The van der Waals surface area contributed by atoms with Gasteiger partial charge in [0.15, 0.2) is 0 Å². The van der Waals surface area contributed by atoms with Gasteiger partial charge < -0.3 is 5.32 Å². The third-order valence-corrected chi connectivity index (χ3v) is 3.41. The molecule has 0 aliphatic rings. The molecule has 0 bridgehead atoms. The lowest BCUT2D eigenvalue weighted by Crippen LogP contribution is -2.42. The van der Waals surface area contributed by atoms with Gasteiger partial charge >= 0.3 is 0 Å². The standard InChI is InChI=1S/C18H29NO/c1-14(2)9-8-12-18(20)17(19-15(3)4)13-16-10-6-5-7-11-16/h5-7,10-11,14-15,17,19H,8-9,12-13H2,1-4H3/t17-/m0/s1. The second kappa shape index (κ2) is 8.91. The summed E-state index contributed by atoms with van der Waals surface area (Å²) in [6.07, 6.45) is 3.61. The van der Waals surface area contributed by atoms with Gasteiger partial charge in [0, 0.05) is 12.5 Å². The molecule has 1 atom stereocenters. The first-order valence-electron chi connectivity index (χ1n) is 7.81. The van der Waals surface area contributed by atoms with E-state index in [1.807, 2.05) is 18.2 Å². The van der Waals surface area contributed by atoms with Crippen molar-refractivity contribution >= 4 is 5.78 Å². The van der Waals surface area contributed by atoms with Crippen molar-refractivity contribution in [1.29, 1.82) is 0 Å². The third kappa shape index (κ3) is 6.85. The van der Waals surface area contributed by atoms with Crippen LogP contribution >= 0.6 is 0 Å². The maximum Gasteiger partial charge on any atom is 0.150 e. The molecule has 112 valence electrons. The lowest BCUT2D eigenvalue weighted by Gasteiger charge is -2.20. The Bertz CT molecular complexity index is 384. The molecule has 2 nitrogen and oxygen atoms in total. The van der Waals surface area contributed by atoms with E-state index in [0.717, 1.165) is 19.3 Å². The number of rotatable bonds is 9. The molecule has 0 spiro atoms. The Morgan fingerprint density at radius 2 is 1.75 bits per heavy atom. The fourth-order valence-corrected chi connectivity index (χ4v) is 2.38. The summed E-state index contributed by atoms with van der Waals surface area (Å²) in [6.45, 7) is 8.61. The van der Waals surface area contributed by atoms with E-state index in [1.54, 1.807) is 0 Å². The fourth-order valence-electron chi connectivity index (χ4n) is 2.38. The highest BCUT2D eigenvalue weighted by molar-refractivity contribution is 5.84. The van der Waals surface area contributed by atoms with E-state index < -0.39 is 0 Å². The quantitative estimate of drug-likeness (QED) is 0.738. The Hall–Kier alpha value is -1.15. The molecule has 1 N–H and O–H groups in total. The van der Waals surface area contributed by atoms with Crippen LogP contribution in [-0.4, -0.2) is 17.9 Å². The van der Waals surface area contributed by atoms with Gasteiger partial charge in [-0.15, -0.1) is 0 Å². The predicted molar refractivity (Wildman–Crippen MR) is 85.9 cm³/mol. The van der Waals surface area contributed by atoms with Crippen LogP contribution in [0.3, 0.4) is 0 Å². The van der Waals surface area contributed by atoms with E-state index in [0.29, 0.717) is 24.2 Å². The molecule has 0 heterocycles. The van der Waals surface area contributed by atoms with Gasteiger partial charge in [0.25, 0.3) is 0 Å². The van der Waals surface area contributed by atoms with E-state index in [9.17, 15) is 4.79 Å². The Kier molecular flexibility index (Phi) is 7.53. The van der Waals surface area contributed by atoms with E-state index in [-0.39, 0.29) is 6.04 Å². The number of benzene rings is 1. The molecule has 0 aliphatic carbocycles. The van der Waals surface area contributed by atoms with Crippen molar-refractivity contribution in [1.82, 2.24) is 5.32 Å². The molecule has 0 saturated carbocycles. The summed E-state index contributed by atoms with van der Waals surface area (Å²) in [5, 5.41) is 3.42. The SMILES string of the molecule is CC(C)CCCC(=O)[C@H](Cc1ccccc1)NC(C)C. The van der Waals surface area contributed by atoms with Gasteiger partial charge in [-0.2, -0.15) is 0 Å². The van der Waals surface area contributed by atoms with Crippen LogP contribution in [0.25, 0.3) is 0 Å². The first-order valence-corrected chi connectivity index (χ1v) is 7.81. The minimum absolute atomic E-state index is 0.0513. The van der Waals surface area contributed by atoms with Gasteiger partial charge in [-0.25, -0.2) is 0 Å². The minimum atomic E-state index is -0.0513. The maximum absolute atomic E-state index is 12.4. The average Bonchev–Trinajstić information content (AvgIpc) is 2.38. The minimum Gasteiger partial charge on any atom is -0.305 e. The van der Waals surface area contributed by atoms with Crippen LogP contribution in [-0.2, 0) is 11.2 Å². The zero-order chi connectivity index (χ0) is 15.0. The maximum atomic E-state index is 12.4. The normalized spacial score (nSPS) is 12.9. The van der Waals surface area contributed by atoms with Crippen LogP contribution in [0.5, 0.6) is 0 Å². The van der Waals surface area contributed by atoms with Gasteiger partial charge in [-0.3, -0.25) is 4.79 Å². The number of ketones is 1. The van der Waals surface area contributed by atoms with Crippen LogP contribution in [0.2, 0.25) is 0 Å². The van der Waals surface area contributed by atoms with Crippen molar-refractivity contribution in [3.05, 3.63) is 35.9 Å². The van der Waals surface area contributed by atoms with Crippen LogP contribution in [0, 0.1) is 5.92 Å². The molecular weight excluding hydrogens is 246 g/mol. The van der Waals surface area contributed by atoms with E-state index >= 15 is 0 Å². The zero-order valence-electron chi connectivity index (χ0n) is 13.4. The largest absolute Gasteiger partial charge is 0.305 e. The Morgan fingerprint density at radius 3 is 2.30 bits per heavy atom. The van der Waals surface area contributed by atoms with Gasteiger partial charge in [-0.1, -0.05) is 64.4 Å². The van der Waals surface area contributed by atoms with Gasteiger partial charge in [-0.05, 0) is 24.3 Å². The molecule has 0 saturated heterocycles. The summed E-state index contributed by atoms with van der Waals surface area (Å²) >= 11 is 0. The van der Waals surface area contributed by atoms with E-state index in [2.05, 4.69) is 45.1 Å². The Labute approximate surface area is 124 Å². The van der Waals surface area contributed by atoms with Crippen molar-refractivity contribution in [3.63, 3.8) is 0 Å². The summed E-state index contributed by atoms with van der Waals surface area (Å²) in [6, 6.07) is 10.5. The van der Waals surface area contributed by atoms with Gasteiger partial charge in [0.1, 0.15) is 5.78 Å². The molecule has 0 fully saturated rings. The molecule has 1 aromatic carbocycles. The molecule has 0 radical (unpaired) electrons. The molecule has 1 aromatic rings. The Balaban J connectivity index is 2.56. The lowest BCUT2D eigenvalue weighted by atomic mass is 9.97. The van der Waals surface area contributed by atoms with E-state index in [4.69, 9.17) is 0 Å². The summed E-state index contributed by atoms with van der Waals surface area (Å²) in [5.74, 6) is 1.02. The number of hydrogen-bond acceptors (Lipinski definition) is 2. The molecule has 0 amide bonds. The number of carbonyl (C=O) groups is 1. The second-order valence-corrected chi connectivity index (χ2v) is 6.32. The van der Waals surface area contributed by atoms with Crippen LogP contribution in [0.15, 0.2) is 30.3 Å². The summed E-state index contributed by atoms with van der Waals surface area (Å²) in [4.78, 5) is 12.4. The van der Waals surface area contributed by atoms with Crippen LogP contribution < -0.4 is 5.32 Å². The molecule has 0 aliphatic heterocycles. The third-order valence-electron chi connectivity index (χ3n) is 3.41. The summed E-state index contributed by atoms with van der Waals surface area (Å²) < 4.78 is 0. The molecule has 0 aromatic heterocycles. The zero-order valence-corrected chi connectivity index (χ0v) is 13.4. The van der Waals surface area contributed by atoms with Crippen molar-refractivity contribution in [3.8, 4) is 0 Å². The number of nitrogens with one attached hydrogen (secondary N) is 1. The second-order valence-electron chi connectivity index (χ2n) is 6.32. The highest BCUT2D eigenvalue weighted by Crippen LogP contribution is 2.11. The molecular formula is C18H29NO. The predicted octanol–water partition coefficient (Wildman–Crippen LogP) is 3.99. The number of carbonyl (C=O) groups excluding carboxylic acids is 1. The molecule has 20 heavy (non-hydrogen) atoms. The lowest BCUT2D eigenvalue weighted by molar-refractivity contribution is -0.121. The highest BCUT2D eigenvalue weighted by Gasteiger charge is 2.19. The first-order chi connectivity index (χ1) is 9.49. The first kappa shape index (κ1) is 16.9. The molecule has 2 heteroatoms. The summed E-state index contributed by atoms with van der Waals surface area (Å²) in [5.41, 5.74) is 1.22. The monoisotopic (exact) mass is 275 g/mol. The molecule has 0 unspecified atom stereocenters. The van der Waals surface area contributed by atoms with Crippen LogP contribution in [0.1, 0.15) is 52.5 Å². The average molecular weight is 275 g/mol. The van der Waals surface area contributed by atoms with Gasteiger partial charge in [0.05, 0.1) is 6.04 Å². The van der Waals surface area contributed by atoms with Crippen molar-refractivity contribution in [2.75, 3.05) is 0 Å². The van der Waals surface area contributed by atoms with Crippen molar-refractivity contribution in [2.45, 2.75) is 65.5 Å². The smallest absolute Gasteiger partial charge is 0.150 e. The van der Waals surface area contributed by atoms with Crippen molar-refractivity contribution < 1.29 is 4.79 Å². The van der Waals surface area contributed by atoms with Crippen LogP contribution in [0.4, 0.5) is 0 Å². The van der Waals surface area contributed by atoms with E-state index in [1.165, 1.54) is 5.56 Å². The number of hydrogen-bond donors (Lipinski definition) is 1. The highest BCUT2D eigenvalue weighted by atomic mass is 16.1. The Morgan fingerprint density at radius 1 is 1.10 bits per heavy atom. The topological polar surface area (TPSA) is 29.1 Å². The summed E-state index contributed by atoms with van der Waals surface area (Å²) in [7, 11) is 0. The van der Waals surface area contributed by atoms with Crippen molar-refractivity contribution in [2.24, 2.45) is 5.92 Å². The fraction of sp³-hybridized carbons (Fsp3) is 0.611.